The average molecular weight is 927 g/mol. The number of phosphoric acid groups is 2. The van der Waals surface area contributed by atoms with Crippen molar-refractivity contribution in [3.63, 3.8) is 0 Å². The van der Waals surface area contributed by atoms with Gasteiger partial charge in [-0.2, -0.15) is 0 Å². The fourth-order valence-corrected chi connectivity index (χ4v) is 8.35. The van der Waals surface area contributed by atoms with E-state index in [1.54, 1.807) is 0 Å². The van der Waals surface area contributed by atoms with Gasteiger partial charge in [-0.3, -0.25) is 22.9 Å². The summed E-state index contributed by atoms with van der Waals surface area (Å²) in [5.74, 6) is 25.7. The lowest BCUT2D eigenvalue weighted by molar-refractivity contribution is -0.193. The van der Waals surface area contributed by atoms with E-state index in [0.717, 1.165) is 25.7 Å². The number of hydrogen-bond donors (Lipinski definition) is 8. The first-order valence-electron chi connectivity index (χ1n) is 19.6. The summed E-state index contributed by atoms with van der Waals surface area (Å²) in [5.41, 5.74) is 0. The van der Waals surface area contributed by atoms with Gasteiger partial charge in [0, 0.05) is 18.3 Å². The van der Waals surface area contributed by atoms with E-state index in [1.807, 2.05) is 5.92 Å². The number of aliphatic hydroxyl groups excluding tert-OH is 3. The summed E-state index contributed by atoms with van der Waals surface area (Å²) < 4.78 is 60.8. The zero-order valence-corrected chi connectivity index (χ0v) is 36.8. The lowest BCUT2D eigenvalue weighted by Gasteiger charge is -2.45. The van der Waals surface area contributed by atoms with Crippen LogP contribution in [0.2, 0.25) is 0 Å². The fraction of sp³-hybridized carbons (Fsp3) is 0.610. The molecule has 0 aromatic rings. The predicted molar refractivity (Wildman–Crippen MR) is 223 cm³/mol. The maximum Gasteiger partial charge on any atom is 0.472 e. The minimum Gasteiger partial charge on any atom is -0.456 e. The van der Waals surface area contributed by atoms with Crippen molar-refractivity contribution < 1.29 is 86.1 Å². The summed E-state index contributed by atoms with van der Waals surface area (Å²) >= 11 is 0. The van der Waals surface area contributed by atoms with Crippen LogP contribution in [0, 0.1) is 89.3 Å². The molecule has 18 nitrogen and oxygen atoms in total. The van der Waals surface area contributed by atoms with Crippen LogP contribution in [-0.4, -0.2) is 108 Å². The number of aliphatic hydroxyl groups is 3. The van der Waals surface area contributed by atoms with Crippen LogP contribution >= 0.6 is 23.2 Å². The van der Waals surface area contributed by atoms with Gasteiger partial charge in [0.15, 0.2) is 6.10 Å². The van der Waals surface area contributed by atoms with E-state index in [4.69, 9.17) is 24.9 Å². The smallest absolute Gasteiger partial charge is 0.456 e. The first kappa shape index (κ1) is 56.1. The second kappa shape index (κ2) is 31.0. The molecule has 0 radical (unpaired) electrons. The molecular formula is C41H53O18P3. The number of unbranched alkanes of at least 4 members (excludes halogenated alkanes) is 12. The van der Waals surface area contributed by atoms with Gasteiger partial charge in [0.2, 0.25) is 0 Å². The molecule has 8 N–H and O–H groups in total. The molecule has 0 bridgehead atoms. The van der Waals surface area contributed by atoms with Gasteiger partial charge in [0.1, 0.15) is 31.0 Å². The molecule has 21 heteroatoms. The quantitative estimate of drug-likeness (QED) is 0.0203. The standard InChI is InChI=1S/C41H53O18P3/c1-3-5-7-9-11-13-15-17-19-21-23-25-27-29-36(43)57-33(30-55-35(42)28-26-24-22-20-18-16-14-12-10-8-6-4-2)31-56-62(53,54)59-41-38(45)37(44)34(32-60(47,48)49)40(39(41)46)58-61(50,51)52/h2,33-34,37-41,44-46H,3,5,7,9,11,13,15,17,19,21,23,25,27,29-32H2,1H3,(H,53,54)(H2,47,48,49)(H2,50,51,52)/t33-,34-,37?,38+,39?,40-,41?/m1/s1. The van der Waals surface area contributed by atoms with E-state index in [-0.39, 0.29) is 6.42 Å². The van der Waals surface area contributed by atoms with E-state index >= 15 is 0 Å². The Morgan fingerprint density at radius 3 is 1.58 bits per heavy atom. The van der Waals surface area contributed by atoms with Crippen LogP contribution in [0.25, 0.3) is 0 Å². The van der Waals surface area contributed by atoms with Crippen molar-refractivity contribution in [2.45, 2.75) is 133 Å². The van der Waals surface area contributed by atoms with Gasteiger partial charge in [-0.1, -0.05) is 84.0 Å². The van der Waals surface area contributed by atoms with Crippen LogP contribution < -0.4 is 0 Å². The first-order valence-corrected chi connectivity index (χ1v) is 24.4. The summed E-state index contributed by atoms with van der Waals surface area (Å²) in [6.07, 6.45) is 3.91. The molecule has 0 aliphatic heterocycles. The number of hydrogen-bond acceptors (Lipinski definition) is 13. The minimum absolute atomic E-state index is 0.0716. The van der Waals surface area contributed by atoms with E-state index in [9.17, 15) is 63.1 Å². The van der Waals surface area contributed by atoms with E-state index in [1.165, 1.54) is 44.9 Å². The van der Waals surface area contributed by atoms with Crippen LogP contribution in [0.5, 0.6) is 0 Å². The van der Waals surface area contributed by atoms with Crippen LogP contribution in [0.3, 0.4) is 0 Å². The molecule has 0 spiro atoms. The second-order valence-corrected chi connectivity index (χ2v) is 18.0. The number of carbonyl (C=O) groups excluding carboxylic acids is 2. The van der Waals surface area contributed by atoms with E-state index in [0.29, 0.717) is 12.8 Å². The van der Waals surface area contributed by atoms with Crippen molar-refractivity contribution in [2.24, 2.45) is 5.92 Å². The Labute approximate surface area is 362 Å². The molecule has 1 saturated carbocycles. The lowest BCUT2D eigenvalue weighted by Crippen LogP contribution is -2.62. The van der Waals surface area contributed by atoms with Gasteiger partial charge in [-0.25, -0.2) is 13.9 Å². The Kier molecular flexibility index (Phi) is 28.1. The van der Waals surface area contributed by atoms with Crippen molar-refractivity contribution in [1.29, 1.82) is 0 Å². The van der Waals surface area contributed by atoms with E-state index in [2.05, 4.69) is 82.5 Å². The third-order valence-electron chi connectivity index (χ3n) is 8.65. The number of phosphoric ester groups is 2. The maximum atomic E-state index is 13.0. The highest BCUT2D eigenvalue weighted by atomic mass is 31.2. The summed E-state index contributed by atoms with van der Waals surface area (Å²) in [5, 5.41) is 31.9. The maximum absolute atomic E-state index is 13.0. The Morgan fingerprint density at radius 2 is 1.10 bits per heavy atom. The molecule has 1 aliphatic carbocycles. The number of carbonyl (C=O) groups is 2. The Bertz CT molecular complexity index is 2020. The normalized spacial score (nSPS) is 20.6. The molecule has 1 aliphatic rings. The van der Waals surface area contributed by atoms with Gasteiger partial charge < -0.3 is 49.3 Å². The summed E-state index contributed by atoms with van der Waals surface area (Å²) in [7, 11) is -16.1. The minimum atomic E-state index is -5.55. The molecule has 0 aromatic heterocycles. The van der Waals surface area contributed by atoms with Crippen LogP contribution in [0.1, 0.15) is 96.8 Å². The van der Waals surface area contributed by atoms with Gasteiger partial charge in [-0.05, 0) is 77.5 Å². The molecule has 0 aromatic carbocycles. The van der Waals surface area contributed by atoms with Crippen molar-refractivity contribution in [2.75, 3.05) is 19.4 Å². The Morgan fingerprint density at radius 1 is 0.613 bits per heavy atom. The number of terminal acetylenes is 1. The largest absolute Gasteiger partial charge is 0.472 e. The molecule has 0 amide bonds. The molecule has 8 atom stereocenters. The Balaban J connectivity index is 2.96. The molecule has 0 heterocycles. The van der Waals surface area contributed by atoms with Crippen LogP contribution in [-0.2, 0) is 46.3 Å². The zero-order chi connectivity index (χ0) is 46.4. The summed E-state index contributed by atoms with van der Waals surface area (Å²) in [4.78, 5) is 73.0. The van der Waals surface area contributed by atoms with Gasteiger partial charge >= 0.3 is 35.2 Å². The second-order valence-electron chi connectivity index (χ2n) is 13.7. The van der Waals surface area contributed by atoms with Crippen molar-refractivity contribution in [1.82, 2.24) is 0 Å². The molecule has 4 unspecified atom stereocenters. The molecule has 340 valence electrons. The highest BCUT2D eigenvalue weighted by molar-refractivity contribution is 7.51. The highest BCUT2D eigenvalue weighted by Gasteiger charge is 2.55. The monoisotopic (exact) mass is 926 g/mol. The SMILES string of the molecule is C#CC#CC#CC#CC#CC#CC#CC(=O)OC[C@H](COP(=O)(O)OC1C(O)[C@H](OP(=O)(O)O)[C@H](CP(=O)(O)O)C(O)[C@@H]1O)OC(=O)CCCCCCCCCCCCCCC. The average Bonchev–Trinajstić information content (AvgIpc) is 3.19. The number of ether oxygens (including phenoxy) is 2. The predicted octanol–water partition coefficient (Wildman–Crippen LogP) is 2.45. The summed E-state index contributed by atoms with van der Waals surface area (Å²) in [6, 6.07) is 0. The van der Waals surface area contributed by atoms with Crippen LogP contribution in [0.15, 0.2) is 0 Å². The molecule has 1 rings (SSSR count). The van der Waals surface area contributed by atoms with E-state index < -0.39 is 97.1 Å². The van der Waals surface area contributed by atoms with Crippen molar-refractivity contribution in [3.05, 3.63) is 0 Å². The molecule has 1 fully saturated rings. The van der Waals surface area contributed by atoms with Gasteiger partial charge in [-0.15, -0.1) is 6.42 Å². The Hall–Kier alpha value is -3.89. The van der Waals surface area contributed by atoms with Crippen molar-refractivity contribution in [3.8, 4) is 83.4 Å². The number of esters is 2. The molecular weight excluding hydrogens is 873 g/mol. The van der Waals surface area contributed by atoms with Crippen LogP contribution in [0.4, 0.5) is 0 Å². The van der Waals surface area contributed by atoms with Gasteiger partial charge in [0.05, 0.1) is 18.9 Å². The van der Waals surface area contributed by atoms with Gasteiger partial charge in [0.25, 0.3) is 0 Å². The number of rotatable bonds is 26. The third-order valence-corrected chi connectivity index (χ3v) is 11.1. The topological polar surface area (TPSA) is 293 Å². The van der Waals surface area contributed by atoms with Crippen molar-refractivity contribution >= 4 is 35.2 Å². The molecule has 62 heavy (non-hydrogen) atoms. The zero-order valence-electron chi connectivity index (χ0n) is 34.1. The molecule has 0 saturated heterocycles. The fourth-order valence-electron chi connectivity index (χ4n) is 5.81. The highest BCUT2D eigenvalue weighted by Crippen LogP contribution is 2.51. The first-order chi connectivity index (χ1) is 29.3. The lowest BCUT2D eigenvalue weighted by atomic mass is 9.79. The summed E-state index contributed by atoms with van der Waals surface area (Å²) in [6.45, 7) is 0.397. The third kappa shape index (κ3) is 27.2.